The first-order chi connectivity index (χ1) is 18.9. The molecule has 0 aliphatic heterocycles. The normalized spacial score (nSPS) is 12.9. The van der Waals surface area contributed by atoms with Crippen LogP contribution in [0.15, 0.2) is 59.6 Å². The molecule has 0 spiro atoms. The summed E-state index contributed by atoms with van der Waals surface area (Å²) in [7, 11) is 2.95. The van der Waals surface area contributed by atoms with Gasteiger partial charge in [-0.05, 0) is 36.1 Å². The van der Waals surface area contributed by atoms with Crippen LogP contribution in [0.5, 0.6) is 5.75 Å². The molecule has 0 saturated heterocycles. The van der Waals surface area contributed by atoms with Gasteiger partial charge in [0.25, 0.3) is 0 Å². The van der Waals surface area contributed by atoms with E-state index in [1.54, 1.807) is 12.1 Å². The van der Waals surface area contributed by atoms with Crippen molar-refractivity contribution in [1.82, 2.24) is 15.1 Å². The Morgan fingerprint density at radius 3 is 1.98 bits per heavy atom. The van der Waals surface area contributed by atoms with Crippen LogP contribution in [0.25, 0.3) is 0 Å². The zero-order valence-corrected chi connectivity index (χ0v) is 23.1. The molecule has 0 heterocycles. The summed E-state index contributed by atoms with van der Waals surface area (Å²) in [6.45, 7) is 1.52. The van der Waals surface area contributed by atoms with Crippen molar-refractivity contribution in [1.29, 1.82) is 0 Å². The predicted octanol–water partition coefficient (Wildman–Crippen LogP) is -0.125. The molecule has 4 amide bonds. The highest BCUT2D eigenvalue weighted by molar-refractivity contribution is 5.94. The van der Waals surface area contributed by atoms with E-state index < -0.39 is 41.8 Å². The van der Waals surface area contributed by atoms with Gasteiger partial charge in [0.05, 0.1) is 0 Å². The Morgan fingerprint density at radius 2 is 1.43 bits per heavy atom. The van der Waals surface area contributed by atoms with Gasteiger partial charge in [-0.2, -0.15) is 0 Å². The number of rotatable bonds is 14. The van der Waals surface area contributed by atoms with Gasteiger partial charge >= 0.3 is 0 Å². The minimum Gasteiger partial charge on any atom is -0.508 e. The maximum absolute atomic E-state index is 13.8. The Kier molecular flexibility index (Phi) is 11.9. The van der Waals surface area contributed by atoms with Crippen molar-refractivity contribution in [3.63, 3.8) is 0 Å². The van der Waals surface area contributed by atoms with Gasteiger partial charge in [0, 0.05) is 40.4 Å². The van der Waals surface area contributed by atoms with E-state index in [1.807, 2.05) is 30.3 Å². The van der Waals surface area contributed by atoms with E-state index in [4.69, 9.17) is 17.2 Å². The molecular formula is C28H39N7O5. The number of amides is 4. The number of phenols is 1. The highest BCUT2D eigenvalue weighted by Crippen LogP contribution is 2.17. The molecule has 2 aromatic rings. The van der Waals surface area contributed by atoms with Gasteiger partial charge in [0.15, 0.2) is 5.96 Å². The summed E-state index contributed by atoms with van der Waals surface area (Å²) < 4.78 is 0. The van der Waals surface area contributed by atoms with Gasteiger partial charge in [0.1, 0.15) is 23.9 Å². The zero-order chi connectivity index (χ0) is 29.8. The Hall–Kier alpha value is -4.61. The average Bonchev–Trinajstić information content (AvgIpc) is 2.91. The number of primary amides is 1. The van der Waals surface area contributed by atoms with Crippen molar-refractivity contribution in [2.45, 2.75) is 50.7 Å². The number of guanidine groups is 1. The van der Waals surface area contributed by atoms with Gasteiger partial charge in [-0.15, -0.1) is 0 Å². The Bertz CT molecular complexity index is 1180. The summed E-state index contributed by atoms with van der Waals surface area (Å²) in [5.74, 6) is -2.13. The monoisotopic (exact) mass is 553 g/mol. The molecule has 8 N–H and O–H groups in total. The Morgan fingerprint density at radius 1 is 0.850 bits per heavy atom. The van der Waals surface area contributed by atoms with Gasteiger partial charge in [-0.1, -0.05) is 42.5 Å². The number of likely N-dealkylation sites (N-methyl/N-ethyl adjacent to an activating group) is 2. The molecule has 2 rings (SSSR count). The highest BCUT2D eigenvalue weighted by Gasteiger charge is 2.36. The summed E-state index contributed by atoms with van der Waals surface area (Å²) in [6.07, 6.45) is 0.880. The second kappa shape index (κ2) is 15.1. The second-order valence-electron chi connectivity index (χ2n) is 9.59. The molecule has 2 aromatic carbocycles. The van der Waals surface area contributed by atoms with Crippen LogP contribution in [-0.4, -0.2) is 83.3 Å². The first-order valence-corrected chi connectivity index (χ1v) is 12.9. The van der Waals surface area contributed by atoms with Crippen LogP contribution in [0.3, 0.4) is 0 Å². The van der Waals surface area contributed by atoms with Crippen LogP contribution in [-0.2, 0) is 32.0 Å². The van der Waals surface area contributed by atoms with E-state index in [9.17, 15) is 24.3 Å². The number of nitrogens with zero attached hydrogens (tertiary/aromatic N) is 3. The number of carbonyl (C=O) groups excluding carboxylic acids is 4. The molecule has 3 unspecified atom stereocenters. The fourth-order valence-corrected chi connectivity index (χ4v) is 4.34. The van der Waals surface area contributed by atoms with Gasteiger partial charge in [-0.3, -0.25) is 24.2 Å². The molecule has 216 valence electrons. The molecule has 40 heavy (non-hydrogen) atoms. The molecule has 0 aliphatic rings. The van der Waals surface area contributed by atoms with Crippen LogP contribution in [0, 0.1) is 0 Å². The molecule has 0 fully saturated rings. The van der Waals surface area contributed by atoms with E-state index in [1.165, 1.54) is 43.0 Å². The summed E-state index contributed by atoms with van der Waals surface area (Å²) in [6, 6.07) is 12.5. The molecule has 12 nitrogen and oxygen atoms in total. The summed E-state index contributed by atoms with van der Waals surface area (Å²) in [5.41, 5.74) is 18.0. The maximum Gasteiger partial charge on any atom is 0.245 e. The molecule has 12 heteroatoms. The quantitative estimate of drug-likeness (QED) is 0.122. The highest BCUT2D eigenvalue weighted by atomic mass is 16.3. The first-order valence-electron chi connectivity index (χ1n) is 12.9. The lowest BCUT2D eigenvalue weighted by molar-refractivity contribution is -0.148. The molecule has 0 saturated carbocycles. The van der Waals surface area contributed by atoms with E-state index >= 15 is 0 Å². The number of nitrogens with one attached hydrogen (secondary N) is 1. The van der Waals surface area contributed by atoms with E-state index in [2.05, 4.69) is 10.3 Å². The number of phenolic OH excluding ortho intramolecular Hbond substituents is 1. The number of aromatic hydroxyl groups is 1. The lowest BCUT2D eigenvalue weighted by atomic mass is 10.0. The first kappa shape index (κ1) is 31.6. The number of nitrogens with two attached hydrogens (primary N) is 3. The number of aliphatic imine (C=N–C) groups is 1. The fourth-order valence-electron chi connectivity index (χ4n) is 4.34. The summed E-state index contributed by atoms with van der Waals surface area (Å²) >= 11 is 0. The van der Waals surface area contributed by atoms with Crippen molar-refractivity contribution < 1.29 is 24.3 Å². The molecule has 0 bridgehead atoms. The lowest BCUT2D eigenvalue weighted by Crippen LogP contribution is -2.57. The minimum absolute atomic E-state index is 0.0669. The van der Waals surface area contributed by atoms with Gasteiger partial charge in [-0.25, -0.2) is 0 Å². The number of hydrogen-bond acceptors (Lipinski definition) is 6. The zero-order valence-electron chi connectivity index (χ0n) is 23.1. The third-order valence-electron chi connectivity index (χ3n) is 6.50. The van der Waals surface area contributed by atoms with Crippen LogP contribution in [0.1, 0.15) is 30.9 Å². The summed E-state index contributed by atoms with van der Waals surface area (Å²) in [4.78, 5) is 58.4. The standard InChI is InChI=1S/C28H39N7O5/c1-18(36)33-22(16-20-11-13-21(37)14-12-20)26(39)34(2)23(10-7-15-32-28(30)31)27(40)35(3)24(25(29)38)17-19-8-5-4-6-9-19/h4-6,8-9,11-14,22-24,37H,7,10,15-17H2,1-3H3,(H2,29,38)(H,33,36)(H4,30,31,32). The van der Waals surface area contributed by atoms with Crippen molar-refractivity contribution in [3.8, 4) is 5.75 Å². The number of carbonyl (C=O) groups is 4. The molecular weight excluding hydrogens is 514 g/mol. The smallest absolute Gasteiger partial charge is 0.245 e. The molecule has 0 aromatic heterocycles. The van der Waals surface area contributed by atoms with E-state index in [-0.39, 0.29) is 37.5 Å². The third kappa shape index (κ3) is 9.61. The van der Waals surface area contributed by atoms with E-state index in [0.29, 0.717) is 12.0 Å². The van der Waals surface area contributed by atoms with Crippen LogP contribution in [0.2, 0.25) is 0 Å². The number of hydrogen-bond donors (Lipinski definition) is 5. The van der Waals surface area contributed by atoms with Crippen molar-refractivity contribution in [2.24, 2.45) is 22.2 Å². The molecule has 0 aliphatic carbocycles. The lowest BCUT2D eigenvalue weighted by Gasteiger charge is -2.35. The van der Waals surface area contributed by atoms with E-state index in [0.717, 1.165) is 5.56 Å². The largest absolute Gasteiger partial charge is 0.508 e. The molecule has 0 radical (unpaired) electrons. The topological polar surface area (TPSA) is 197 Å². The van der Waals surface area contributed by atoms with Crippen LogP contribution >= 0.6 is 0 Å². The van der Waals surface area contributed by atoms with Crippen LogP contribution in [0.4, 0.5) is 0 Å². The second-order valence-corrected chi connectivity index (χ2v) is 9.59. The van der Waals surface area contributed by atoms with Gasteiger partial charge < -0.3 is 37.4 Å². The van der Waals surface area contributed by atoms with Crippen molar-refractivity contribution in [2.75, 3.05) is 20.6 Å². The minimum atomic E-state index is -1.000. The SMILES string of the molecule is CC(=O)NC(Cc1ccc(O)cc1)C(=O)N(C)C(CCCN=C(N)N)C(=O)N(C)C(Cc1ccccc1)C(N)=O. The predicted molar refractivity (Wildman–Crippen MR) is 152 cm³/mol. The third-order valence-corrected chi connectivity index (χ3v) is 6.50. The van der Waals surface area contributed by atoms with Crippen molar-refractivity contribution >= 4 is 29.6 Å². The average molecular weight is 554 g/mol. The Balaban J connectivity index is 2.34. The van der Waals surface area contributed by atoms with Gasteiger partial charge in [0.2, 0.25) is 23.6 Å². The number of benzene rings is 2. The van der Waals surface area contributed by atoms with Crippen molar-refractivity contribution in [3.05, 3.63) is 65.7 Å². The maximum atomic E-state index is 13.8. The van der Waals surface area contributed by atoms with Crippen LogP contribution < -0.4 is 22.5 Å². The summed E-state index contributed by atoms with van der Waals surface area (Å²) in [5, 5.41) is 12.2. The fraction of sp³-hybridized carbons (Fsp3) is 0.393. The molecule has 3 atom stereocenters. The Labute approximate surface area is 234 Å².